The van der Waals surface area contributed by atoms with Gasteiger partial charge in [-0.2, -0.15) is 0 Å². The third kappa shape index (κ3) is 20.6. The first kappa shape index (κ1) is 30.1. The molecular formula is C22H43N2NaO3. The van der Waals surface area contributed by atoms with Gasteiger partial charge in [0.15, 0.2) is 0 Å². The van der Waals surface area contributed by atoms with Crippen LogP contribution in [-0.4, -0.2) is 24.5 Å². The number of amides is 1. The van der Waals surface area contributed by atoms with E-state index in [0.717, 1.165) is 25.7 Å². The number of carbonyl (C=O) groups excluding carboxylic acids is 2. The summed E-state index contributed by atoms with van der Waals surface area (Å²) in [4.78, 5) is 22.9. The van der Waals surface area contributed by atoms with Crippen LogP contribution in [0.15, 0.2) is 0 Å². The molecule has 0 aliphatic carbocycles. The standard InChI is InChI=1S/C22H44N2O3.Na/c1-2-3-4-5-6-7-8-9-10-11-12-13-14-18-21(25)24-20(22(26)27)17-15-16-19-23;/h20H,2-19,23H2,1H3,(H,24,25)(H,26,27);/q;+1/p-1/t20-;/m0./s1. The molecule has 1 amide bonds. The van der Waals surface area contributed by atoms with Gasteiger partial charge in [0.1, 0.15) is 0 Å². The van der Waals surface area contributed by atoms with Gasteiger partial charge in [-0.1, -0.05) is 84.0 Å². The van der Waals surface area contributed by atoms with Crippen LogP contribution in [0.25, 0.3) is 0 Å². The summed E-state index contributed by atoms with van der Waals surface area (Å²) in [6, 6.07) is -0.883. The SMILES string of the molecule is CCCCCCCCCCCCCCCC(=O)N[C@@H](CCCCN)C(=O)[O-].[Na+]. The summed E-state index contributed by atoms with van der Waals surface area (Å²) < 4.78 is 0. The minimum absolute atomic E-state index is 0. The fourth-order valence-corrected chi connectivity index (χ4v) is 3.31. The minimum Gasteiger partial charge on any atom is -0.548 e. The molecule has 0 aliphatic heterocycles. The number of aliphatic carboxylic acids is 1. The fourth-order valence-electron chi connectivity index (χ4n) is 3.31. The number of unbranched alkanes of at least 4 members (excludes halogenated alkanes) is 13. The van der Waals surface area contributed by atoms with Crippen LogP contribution in [0.4, 0.5) is 0 Å². The summed E-state index contributed by atoms with van der Waals surface area (Å²) >= 11 is 0. The van der Waals surface area contributed by atoms with Crippen molar-refractivity contribution < 1.29 is 44.3 Å². The van der Waals surface area contributed by atoms with Crippen molar-refractivity contribution >= 4 is 11.9 Å². The van der Waals surface area contributed by atoms with Crippen LogP contribution < -0.4 is 45.7 Å². The van der Waals surface area contributed by atoms with E-state index in [-0.39, 0.29) is 35.5 Å². The number of carbonyl (C=O) groups is 2. The van der Waals surface area contributed by atoms with Gasteiger partial charge >= 0.3 is 29.6 Å². The van der Waals surface area contributed by atoms with E-state index in [2.05, 4.69) is 12.2 Å². The van der Waals surface area contributed by atoms with Crippen molar-refractivity contribution in [3.63, 3.8) is 0 Å². The minimum atomic E-state index is -1.20. The summed E-state index contributed by atoms with van der Waals surface area (Å²) in [6.07, 6.45) is 18.7. The molecule has 0 heterocycles. The summed E-state index contributed by atoms with van der Waals surface area (Å²) in [5.41, 5.74) is 5.40. The number of rotatable bonds is 20. The molecule has 28 heavy (non-hydrogen) atoms. The quantitative estimate of drug-likeness (QED) is 0.231. The molecule has 0 aromatic rings. The van der Waals surface area contributed by atoms with Gasteiger partial charge in [-0.3, -0.25) is 4.79 Å². The van der Waals surface area contributed by atoms with Gasteiger partial charge < -0.3 is 21.0 Å². The number of hydrogen-bond donors (Lipinski definition) is 2. The van der Waals surface area contributed by atoms with Gasteiger partial charge in [-0.25, -0.2) is 0 Å². The van der Waals surface area contributed by atoms with E-state index >= 15 is 0 Å². The zero-order chi connectivity index (χ0) is 20.2. The van der Waals surface area contributed by atoms with Gasteiger partial charge in [-0.05, 0) is 32.2 Å². The molecule has 0 aromatic heterocycles. The first-order valence-electron chi connectivity index (χ1n) is 11.3. The van der Waals surface area contributed by atoms with E-state index in [1.54, 1.807) is 0 Å². The predicted octanol–water partition coefficient (Wildman–Crippen LogP) is 0.835. The molecule has 0 unspecified atom stereocenters. The Morgan fingerprint density at radius 2 is 1.25 bits per heavy atom. The Balaban J connectivity index is 0. The van der Waals surface area contributed by atoms with Crippen LogP contribution in [0.2, 0.25) is 0 Å². The molecule has 3 N–H and O–H groups in total. The van der Waals surface area contributed by atoms with Crippen molar-refractivity contribution in [2.75, 3.05) is 6.54 Å². The molecule has 5 nitrogen and oxygen atoms in total. The molecule has 0 saturated carbocycles. The van der Waals surface area contributed by atoms with Crippen LogP contribution in [0.3, 0.4) is 0 Å². The number of hydrogen-bond acceptors (Lipinski definition) is 4. The van der Waals surface area contributed by atoms with Gasteiger partial charge in [0, 0.05) is 6.42 Å². The van der Waals surface area contributed by atoms with Crippen LogP contribution in [-0.2, 0) is 9.59 Å². The normalized spacial score (nSPS) is 11.6. The van der Waals surface area contributed by atoms with E-state index in [0.29, 0.717) is 25.8 Å². The van der Waals surface area contributed by atoms with E-state index in [1.807, 2.05) is 0 Å². The van der Waals surface area contributed by atoms with Gasteiger partial charge in [0.2, 0.25) is 5.91 Å². The van der Waals surface area contributed by atoms with Crippen molar-refractivity contribution in [1.82, 2.24) is 5.32 Å². The topological polar surface area (TPSA) is 95.2 Å². The van der Waals surface area contributed by atoms with Crippen molar-refractivity contribution in [1.29, 1.82) is 0 Å². The van der Waals surface area contributed by atoms with E-state index in [1.165, 1.54) is 64.2 Å². The van der Waals surface area contributed by atoms with Crippen LogP contribution in [0.1, 0.15) is 116 Å². The maximum Gasteiger partial charge on any atom is 1.00 e. The van der Waals surface area contributed by atoms with Crippen LogP contribution in [0, 0.1) is 0 Å². The van der Waals surface area contributed by atoms with Crippen LogP contribution in [0.5, 0.6) is 0 Å². The molecule has 0 saturated heterocycles. The number of carboxylic acids is 1. The average Bonchev–Trinajstić information content (AvgIpc) is 2.64. The first-order chi connectivity index (χ1) is 13.1. The Morgan fingerprint density at radius 3 is 1.68 bits per heavy atom. The summed E-state index contributed by atoms with van der Waals surface area (Å²) in [5, 5.41) is 13.6. The second kappa shape index (κ2) is 23.2. The van der Waals surface area contributed by atoms with Crippen molar-refractivity contribution in [3.8, 4) is 0 Å². The van der Waals surface area contributed by atoms with Gasteiger partial charge in [-0.15, -0.1) is 0 Å². The number of carboxylic acid groups (broad SMARTS) is 1. The third-order valence-corrected chi connectivity index (χ3v) is 5.07. The summed E-state index contributed by atoms with van der Waals surface area (Å²) in [5.74, 6) is -1.38. The van der Waals surface area contributed by atoms with Crippen molar-refractivity contribution in [2.24, 2.45) is 5.73 Å². The molecule has 0 aromatic carbocycles. The van der Waals surface area contributed by atoms with E-state index in [9.17, 15) is 14.7 Å². The van der Waals surface area contributed by atoms with Gasteiger partial charge in [0.25, 0.3) is 0 Å². The molecule has 0 aliphatic rings. The molecule has 160 valence electrons. The maximum absolute atomic E-state index is 11.9. The second-order valence-electron chi connectivity index (χ2n) is 7.72. The molecule has 0 radical (unpaired) electrons. The summed E-state index contributed by atoms with van der Waals surface area (Å²) in [6.45, 7) is 2.79. The average molecular weight is 407 g/mol. The van der Waals surface area contributed by atoms with Crippen molar-refractivity contribution in [3.05, 3.63) is 0 Å². The smallest absolute Gasteiger partial charge is 0.548 e. The second-order valence-corrected chi connectivity index (χ2v) is 7.72. The molecule has 0 fully saturated rings. The van der Waals surface area contributed by atoms with E-state index < -0.39 is 12.0 Å². The maximum atomic E-state index is 11.9. The predicted molar refractivity (Wildman–Crippen MR) is 110 cm³/mol. The zero-order valence-electron chi connectivity index (χ0n) is 18.6. The molecule has 0 bridgehead atoms. The number of nitrogens with two attached hydrogens (primary N) is 1. The van der Waals surface area contributed by atoms with Crippen LogP contribution >= 0.6 is 0 Å². The Morgan fingerprint density at radius 1 is 0.786 bits per heavy atom. The van der Waals surface area contributed by atoms with Crippen molar-refractivity contribution in [2.45, 2.75) is 122 Å². The Bertz CT molecular complexity index is 368. The Hall–Kier alpha value is -0.100. The molecular weight excluding hydrogens is 363 g/mol. The Kier molecular flexibility index (Phi) is 24.9. The summed E-state index contributed by atoms with van der Waals surface area (Å²) in [7, 11) is 0. The number of nitrogens with one attached hydrogen (secondary N) is 1. The molecule has 0 rings (SSSR count). The Labute approximate surface area is 195 Å². The molecule has 0 spiro atoms. The monoisotopic (exact) mass is 406 g/mol. The first-order valence-corrected chi connectivity index (χ1v) is 11.3. The zero-order valence-corrected chi connectivity index (χ0v) is 20.6. The molecule has 1 atom stereocenters. The third-order valence-electron chi connectivity index (χ3n) is 5.07. The molecule has 6 heteroatoms. The van der Waals surface area contributed by atoms with Gasteiger partial charge in [0.05, 0.1) is 12.0 Å². The largest absolute Gasteiger partial charge is 1.00 e. The fraction of sp³-hybridized carbons (Fsp3) is 0.909. The van der Waals surface area contributed by atoms with E-state index in [4.69, 9.17) is 5.73 Å².